The molecule has 1 aromatic rings. The van der Waals surface area contributed by atoms with Gasteiger partial charge in [0, 0.05) is 6.20 Å². The maximum atomic E-state index is 10.8. The molecule has 1 aromatic heterocycles. The number of carbonyl (C=O) groups is 2. The molecule has 0 aliphatic carbocycles. The fourth-order valence-corrected chi connectivity index (χ4v) is 1.55. The van der Waals surface area contributed by atoms with Crippen molar-refractivity contribution in [1.29, 1.82) is 0 Å². The maximum absolute atomic E-state index is 10.8. The Labute approximate surface area is 84.9 Å². The SMILES string of the molecule is NC(=O)C(Sc1ccccn1)C(N)=O. The first kappa shape index (κ1) is 10.5. The normalized spacial score (nSPS) is 10.1. The van der Waals surface area contributed by atoms with Gasteiger partial charge in [-0.25, -0.2) is 4.98 Å². The molecule has 2 amide bonds. The molecular formula is C8H9N3O2S. The zero-order valence-corrected chi connectivity index (χ0v) is 8.03. The molecule has 74 valence electrons. The molecule has 0 atom stereocenters. The van der Waals surface area contributed by atoms with Gasteiger partial charge in [-0.15, -0.1) is 0 Å². The number of rotatable bonds is 4. The van der Waals surface area contributed by atoms with E-state index in [1.165, 1.54) is 0 Å². The van der Waals surface area contributed by atoms with Gasteiger partial charge < -0.3 is 11.5 Å². The molecule has 1 rings (SSSR count). The van der Waals surface area contributed by atoms with Crippen LogP contribution in [0.3, 0.4) is 0 Å². The van der Waals surface area contributed by atoms with Gasteiger partial charge in [0.2, 0.25) is 11.8 Å². The summed E-state index contributed by atoms with van der Waals surface area (Å²) in [7, 11) is 0. The van der Waals surface area contributed by atoms with Crippen molar-refractivity contribution in [3.8, 4) is 0 Å². The quantitative estimate of drug-likeness (QED) is 0.518. The number of pyridine rings is 1. The summed E-state index contributed by atoms with van der Waals surface area (Å²) >= 11 is 0.945. The lowest BCUT2D eigenvalue weighted by molar-refractivity contribution is -0.125. The molecule has 0 aromatic carbocycles. The number of amides is 2. The Bertz CT molecular complexity index is 328. The molecule has 0 saturated carbocycles. The van der Waals surface area contributed by atoms with Crippen molar-refractivity contribution in [3.63, 3.8) is 0 Å². The largest absolute Gasteiger partial charge is 0.368 e. The van der Waals surface area contributed by atoms with E-state index >= 15 is 0 Å². The molecule has 0 radical (unpaired) electrons. The van der Waals surface area contributed by atoms with Gasteiger partial charge in [0.05, 0.1) is 5.03 Å². The second-order valence-electron chi connectivity index (χ2n) is 2.47. The predicted molar refractivity (Wildman–Crippen MR) is 52.3 cm³/mol. The molecule has 14 heavy (non-hydrogen) atoms. The second kappa shape index (κ2) is 4.61. The number of aromatic nitrogens is 1. The van der Waals surface area contributed by atoms with Crippen LogP contribution in [0.15, 0.2) is 29.4 Å². The molecule has 0 bridgehead atoms. The van der Waals surface area contributed by atoms with Crippen molar-refractivity contribution < 1.29 is 9.59 Å². The minimum Gasteiger partial charge on any atom is -0.368 e. The number of thioether (sulfide) groups is 1. The lowest BCUT2D eigenvalue weighted by Crippen LogP contribution is -2.37. The molecule has 0 spiro atoms. The summed E-state index contributed by atoms with van der Waals surface area (Å²) in [5, 5.41) is -0.528. The molecular weight excluding hydrogens is 202 g/mol. The molecule has 0 aliphatic rings. The van der Waals surface area contributed by atoms with Crippen LogP contribution in [0.4, 0.5) is 0 Å². The summed E-state index contributed by atoms with van der Waals surface area (Å²) in [6.07, 6.45) is 1.56. The van der Waals surface area contributed by atoms with Gasteiger partial charge in [-0.1, -0.05) is 17.8 Å². The highest BCUT2D eigenvalue weighted by Crippen LogP contribution is 2.19. The molecule has 0 unspecified atom stereocenters. The third-order valence-corrected chi connectivity index (χ3v) is 2.58. The average molecular weight is 211 g/mol. The Balaban J connectivity index is 2.75. The fourth-order valence-electron chi connectivity index (χ4n) is 0.794. The topological polar surface area (TPSA) is 99.1 Å². The van der Waals surface area contributed by atoms with E-state index in [0.717, 1.165) is 11.8 Å². The Morgan fingerprint density at radius 1 is 1.29 bits per heavy atom. The molecule has 0 saturated heterocycles. The first-order chi connectivity index (χ1) is 6.61. The van der Waals surface area contributed by atoms with E-state index in [4.69, 9.17) is 11.5 Å². The minimum absolute atomic E-state index is 0.537. The first-order valence-corrected chi connectivity index (χ1v) is 4.65. The number of hydrogen-bond acceptors (Lipinski definition) is 4. The van der Waals surface area contributed by atoms with Crippen molar-refractivity contribution in [2.24, 2.45) is 11.5 Å². The third kappa shape index (κ3) is 2.74. The van der Waals surface area contributed by atoms with Gasteiger partial charge in [-0.3, -0.25) is 9.59 Å². The van der Waals surface area contributed by atoms with Crippen LogP contribution in [0.5, 0.6) is 0 Å². The number of hydrogen-bond donors (Lipinski definition) is 2. The molecule has 0 fully saturated rings. The summed E-state index contributed by atoms with van der Waals surface area (Å²) in [4.78, 5) is 25.6. The zero-order chi connectivity index (χ0) is 10.6. The Morgan fingerprint density at radius 3 is 2.36 bits per heavy atom. The molecule has 5 nitrogen and oxygen atoms in total. The standard InChI is InChI=1S/C8H9N3O2S/c9-7(12)6(8(10)13)14-5-3-1-2-4-11-5/h1-4,6H,(H2,9,12)(H2,10,13). The number of carbonyl (C=O) groups excluding carboxylic acids is 2. The average Bonchev–Trinajstić information content (AvgIpc) is 2.15. The summed E-state index contributed by atoms with van der Waals surface area (Å²) in [5.74, 6) is -1.51. The predicted octanol–water partition coefficient (Wildman–Crippen LogP) is -0.487. The van der Waals surface area contributed by atoms with Crippen LogP contribution in [-0.2, 0) is 9.59 Å². The second-order valence-corrected chi connectivity index (χ2v) is 3.60. The van der Waals surface area contributed by atoms with Gasteiger partial charge in [-0.2, -0.15) is 0 Å². The van der Waals surface area contributed by atoms with E-state index < -0.39 is 17.1 Å². The first-order valence-electron chi connectivity index (χ1n) is 3.77. The van der Waals surface area contributed by atoms with Crippen LogP contribution < -0.4 is 11.5 Å². The van der Waals surface area contributed by atoms with Gasteiger partial charge in [0.25, 0.3) is 0 Å². The van der Waals surface area contributed by atoms with Gasteiger partial charge in [0.15, 0.2) is 5.25 Å². The van der Waals surface area contributed by atoms with E-state index in [2.05, 4.69) is 4.98 Å². The van der Waals surface area contributed by atoms with Crippen molar-refractivity contribution in [1.82, 2.24) is 4.98 Å². The van der Waals surface area contributed by atoms with Gasteiger partial charge in [0.1, 0.15) is 0 Å². The highest BCUT2D eigenvalue weighted by Gasteiger charge is 2.23. The van der Waals surface area contributed by atoms with Crippen molar-refractivity contribution in [3.05, 3.63) is 24.4 Å². The number of nitrogens with zero attached hydrogens (tertiary/aromatic N) is 1. The molecule has 0 aliphatic heterocycles. The minimum atomic E-state index is -1.06. The van der Waals surface area contributed by atoms with E-state index in [-0.39, 0.29) is 0 Å². The van der Waals surface area contributed by atoms with Crippen molar-refractivity contribution >= 4 is 23.6 Å². The highest BCUT2D eigenvalue weighted by atomic mass is 32.2. The smallest absolute Gasteiger partial charge is 0.240 e. The summed E-state index contributed by atoms with van der Waals surface area (Å²) in [6.45, 7) is 0. The Morgan fingerprint density at radius 2 is 1.93 bits per heavy atom. The van der Waals surface area contributed by atoms with E-state index in [0.29, 0.717) is 5.03 Å². The van der Waals surface area contributed by atoms with Crippen molar-refractivity contribution in [2.75, 3.05) is 0 Å². The Kier molecular flexibility index (Phi) is 3.47. The lowest BCUT2D eigenvalue weighted by atomic mass is 10.4. The van der Waals surface area contributed by atoms with Crippen LogP contribution in [0, 0.1) is 0 Å². The van der Waals surface area contributed by atoms with E-state index in [1.54, 1.807) is 24.4 Å². The van der Waals surface area contributed by atoms with Crippen LogP contribution in [-0.4, -0.2) is 22.0 Å². The van der Waals surface area contributed by atoms with Crippen LogP contribution in [0.25, 0.3) is 0 Å². The maximum Gasteiger partial charge on any atom is 0.240 e. The summed E-state index contributed by atoms with van der Waals surface area (Å²) < 4.78 is 0. The fraction of sp³-hybridized carbons (Fsp3) is 0.125. The van der Waals surface area contributed by atoms with Crippen LogP contribution >= 0.6 is 11.8 Å². The lowest BCUT2D eigenvalue weighted by Gasteiger charge is -2.07. The Hall–Kier alpha value is -1.56. The number of nitrogens with two attached hydrogens (primary N) is 2. The zero-order valence-electron chi connectivity index (χ0n) is 7.21. The summed E-state index contributed by atoms with van der Waals surface area (Å²) in [5.41, 5.74) is 9.99. The number of primary amides is 2. The van der Waals surface area contributed by atoms with Crippen LogP contribution in [0.1, 0.15) is 0 Å². The van der Waals surface area contributed by atoms with Gasteiger partial charge >= 0.3 is 0 Å². The van der Waals surface area contributed by atoms with E-state index in [9.17, 15) is 9.59 Å². The van der Waals surface area contributed by atoms with Gasteiger partial charge in [-0.05, 0) is 12.1 Å². The highest BCUT2D eigenvalue weighted by molar-refractivity contribution is 8.01. The van der Waals surface area contributed by atoms with Crippen LogP contribution in [0.2, 0.25) is 0 Å². The summed E-state index contributed by atoms with van der Waals surface area (Å²) in [6, 6.07) is 5.14. The molecule has 1 heterocycles. The molecule has 6 heteroatoms. The van der Waals surface area contributed by atoms with E-state index in [1.807, 2.05) is 0 Å². The monoisotopic (exact) mass is 211 g/mol. The third-order valence-electron chi connectivity index (χ3n) is 1.39. The molecule has 4 N–H and O–H groups in total. The van der Waals surface area contributed by atoms with Crippen molar-refractivity contribution in [2.45, 2.75) is 10.3 Å².